The second-order valence-electron chi connectivity index (χ2n) is 4.53. The lowest BCUT2D eigenvalue weighted by Gasteiger charge is -2.01. The highest BCUT2D eigenvalue weighted by Crippen LogP contribution is 2.38. The van der Waals surface area contributed by atoms with Gasteiger partial charge in [-0.05, 0) is 62.4 Å². The molecule has 0 saturated heterocycles. The van der Waals surface area contributed by atoms with Gasteiger partial charge in [-0.1, -0.05) is 21.6 Å². The van der Waals surface area contributed by atoms with Crippen molar-refractivity contribution in [2.24, 2.45) is 20.0 Å². The zero-order valence-corrected chi connectivity index (χ0v) is 15.3. The van der Waals surface area contributed by atoms with E-state index in [2.05, 4.69) is 32.0 Å². The van der Waals surface area contributed by atoms with Gasteiger partial charge in [0, 0.05) is 22.9 Å². The molecule has 2 aromatic carbocycles. The summed E-state index contributed by atoms with van der Waals surface area (Å²) in [7, 11) is 3.41. The van der Waals surface area contributed by atoms with Crippen LogP contribution in [0.25, 0.3) is 0 Å². The van der Waals surface area contributed by atoms with Crippen LogP contribution >= 0.6 is 21.6 Å². The molecule has 122 valence electrons. The Bertz CT molecular complexity index is 687. The van der Waals surface area contributed by atoms with E-state index in [1.807, 2.05) is 62.4 Å². The molecule has 0 fully saturated rings. The van der Waals surface area contributed by atoms with Gasteiger partial charge in [0.25, 0.3) is 0 Å². The van der Waals surface area contributed by atoms with Gasteiger partial charge < -0.3 is 0 Å². The topological polar surface area (TPSA) is 49.4 Å². The van der Waals surface area contributed by atoms with Crippen LogP contribution < -0.4 is 0 Å². The van der Waals surface area contributed by atoms with Crippen LogP contribution in [0.1, 0.15) is 13.8 Å². The van der Waals surface area contributed by atoms with Crippen LogP contribution in [0.5, 0.6) is 0 Å². The van der Waals surface area contributed by atoms with Gasteiger partial charge in [-0.15, -0.1) is 0 Å². The summed E-state index contributed by atoms with van der Waals surface area (Å²) in [6, 6.07) is 21.4. The second-order valence-corrected chi connectivity index (χ2v) is 6.80. The fourth-order valence-corrected chi connectivity index (χ4v) is 3.51. The van der Waals surface area contributed by atoms with E-state index in [9.17, 15) is 0 Å². The van der Waals surface area contributed by atoms with E-state index in [0.29, 0.717) is 13.1 Å². The van der Waals surface area contributed by atoms with Crippen LogP contribution in [0.4, 0.5) is 11.4 Å². The quantitative estimate of drug-likeness (QED) is 0.443. The first kappa shape index (κ1) is 18.2. The number of rotatable bonds is 7. The molecule has 0 aliphatic heterocycles. The van der Waals surface area contributed by atoms with Crippen molar-refractivity contribution >= 4 is 45.0 Å². The first-order valence-corrected chi connectivity index (χ1v) is 9.76. The summed E-state index contributed by atoms with van der Waals surface area (Å²) in [5.41, 5.74) is 1.72. The van der Waals surface area contributed by atoms with Gasteiger partial charge in [-0.25, -0.2) is 9.98 Å². The monoisotopic (exact) mass is 354 g/mol. The number of aliphatic imine (C=N–C) groups is 4. The third-order valence-corrected chi connectivity index (χ3v) is 5.14. The van der Waals surface area contributed by atoms with E-state index in [4.69, 9.17) is 0 Å². The third-order valence-electron chi connectivity index (χ3n) is 2.72. The molecule has 0 aromatic heterocycles. The van der Waals surface area contributed by atoms with Crippen molar-refractivity contribution in [2.45, 2.75) is 23.6 Å². The lowest BCUT2D eigenvalue weighted by Crippen LogP contribution is -1.71. The molecule has 0 spiro atoms. The molecule has 0 atom stereocenters. The Morgan fingerprint density at radius 1 is 0.667 bits per heavy atom. The van der Waals surface area contributed by atoms with Crippen LogP contribution in [0, 0.1) is 0 Å². The smallest absolute Gasteiger partial charge is 0.0948 e. The van der Waals surface area contributed by atoms with Crippen molar-refractivity contribution < 1.29 is 0 Å². The first-order valence-electron chi connectivity index (χ1n) is 7.61. The molecule has 0 aliphatic carbocycles. The normalized spacial score (nSPS) is 9.58. The van der Waals surface area contributed by atoms with Gasteiger partial charge in [0.2, 0.25) is 0 Å². The molecule has 0 heterocycles. The maximum atomic E-state index is 4.14. The Balaban J connectivity index is 1.91. The summed E-state index contributed by atoms with van der Waals surface area (Å²) in [6.07, 6.45) is 0. The molecular formula is C18H18N4S2. The van der Waals surface area contributed by atoms with Crippen molar-refractivity contribution in [2.75, 3.05) is 13.1 Å². The van der Waals surface area contributed by atoms with Crippen molar-refractivity contribution in [3.63, 3.8) is 0 Å². The highest BCUT2D eigenvalue weighted by Gasteiger charge is 1.98. The van der Waals surface area contributed by atoms with E-state index >= 15 is 0 Å². The molecule has 0 amide bonds. The zero-order chi connectivity index (χ0) is 17.0. The van der Waals surface area contributed by atoms with Gasteiger partial charge in [-0.3, -0.25) is 0 Å². The van der Waals surface area contributed by atoms with Crippen molar-refractivity contribution in [1.82, 2.24) is 0 Å². The molecule has 0 radical (unpaired) electrons. The standard InChI is InChI=1S/C18H18N4S2/c1-3-19-13-21-15-5-9-17(10-6-15)23-24-18-11-7-16(8-12-18)22-14-20-4-2/h5-12H,3-4H2,1-2H3. The summed E-state index contributed by atoms with van der Waals surface area (Å²) >= 11 is 0. The molecule has 0 saturated carbocycles. The van der Waals surface area contributed by atoms with Crippen LogP contribution in [0.2, 0.25) is 0 Å². The van der Waals surface area contributed by atoms with Gasteiger partial charge in [0.15, 0.2) is 0 Å². The van der Waals surface area contributed by atoms with Gasteiger partial charge >= 0.3 is 0 Å². The molecule has 0 bridgehead atoms. The Labute approximate surface area is 150 Å². The molecule has 24 heavy (non-hydrogen) atoms. The van der Waals surface area contributed by atoms with E-state index < -0.39 is 0 Å². The Morgan fingerprint density at radius 3 is 1.38 bits per heavy atom. The first-order chi connectivity index (χ1) is 11.8. The third kappa shape index (κ3) is 6.57. The largest absolute Gasteiger partial charge is 0.226 e. The minimum atomic E-state index is 0.698. The number of nitrogens with zero attached hydrogens (tertiary/aromatic N) is 4. The summed E-state index contributed by atoms with van der Waals surface area (Å²) < 4.78 is 0. The minimum absolute atomic E-state index is 0.698. The molecule has 0 N–H and O–H groups in total. The Kier molecular flexibility index (Phi) is 8.08. The minimum Gasteiger partial charge on any atom is -0.226 e. The summed E-state index contributed by atoms with van der Waals surface area (Å²) in [4.78, 5) is 18.5. The van der Waals surface area contributed by atoms with E-state index in [1.54, 1.807) is 21.6 Å². The van der Waals surface area contributed by atoms with E-state index in [-0.39, 0.29) is 0 Å². The SMILES string of the molecule is CCN=C=Nc1ccc(SSc2ccc(N=C=NCC)cc2)cc1. The summed E-state index contributed by atoms with van der Waals surface area (Å²) in [5.74, 6) is 0. The number of benzene rings is 2. The highest BCUT2D eigenvalue weighted by atomic mass is 33.1. The molecule has 0 unspecified atom stereocenters. The fraction of sp³-hybridized carbons (Fsp3) is 0.222. The van der Waals surface area contributed by atoms with Gasteiger partial charge in [0.05, 0.1) is 23.4 Å². The lowest BCUT2D eigenvalue weighted by molar-refractivity contribution is 1.14. The zero-order valence-electron chi connectivity index (χ0n) is 13.6. The highest BCUT2D eigenvalue weighted by molar-refractivity contribution is 8.76. The second kappa shape index (κ2) is 10.6. The number of hydrogen-bond acceptors (Lipinski definition) is 6. The van der Waals surface area contributed by atoms with Crippen LogP contribution in [0.15, 0.2) is 78.3 Å². The lowest BCUT2D eigenvalue weighted by atomic mass is 10.3. The average Bonchev–Trinajstić information content (AvgIpc) is 2.63. The number of hydrogen-bond donors (Lipinski definition) is 0. The maximum Gasteiger partial charge on any atom is 0.0948 e. The van der Waals surface area contributed by atoms with Crippen LogP contribution in [0.3, 0.4) is 0 Å². The summed E-state index contributed by atoms with van der Waals surface area (Å²) in [5, 5.41) is 0. The predicted octanol–water partition coefficient (Wildman–Crippen LogP) is 6.14. The van der Waals surface area contributed by atoms with Crippen LogP contribution in [-0.2, 0) is 0 Å². The predicted molar refractivity (Wildman–Crippen MR) is 105 cm³/mol. The van der Waals surface area contributed by atoms with Crippen molar-refractivity contribution in [3.8, 4) is 0 Å². The van der Waals surface area contributed by atoms with E-state index in [1.165, 1.54) is 9.79 Å². The maximum absolute atomic E-state index is 4.14. The van der Waals surface area contributed by atoms with Gasteiger partial charge in [0.1, 0.15) is 0 Å². The molecule has 6 heteroatoms. The molecular weight excluding hydrogens is 336 g/mol. The molecule has 2 aromatic rings. The van der Waals surface area contributed by atoms with Crippen LogP contribution in [-0.4, -0.2) is 25.1 Å². The van der Waals surface area contributed by atoms with E-state index in [0.717, 1.165) is 11.4 Å². The Morgan fingerprint density at radius 2 is 1.04 bits per heavy atom. The average molecular weight is 355 g/mol. The van der Waals surface area contributed by atoms with Crippen molar-refractivity contribution in [1.29, 1.82) is 0 Å². The molecule has 4 nitrogen and oxygen atoms in total. The van der Waals surface area contributed by atoms with Crippen molar-refractivity contribution in [3.05, 3.63) is 48.5 Å². The fourth-order valence-electron chi connectivity index (χ4n) is 1.58. The molecule has 2 rings (SSSR count). The van der Waals surface area contributed by atoms with Gasteiger partial charge in [-0.2, -0.15) is 9.98 Å². The summed E-state index contributed by atoms with van der Waals surface area (Å²) in [6.45, 7) is 5.31. The molecule has 0 aliphatic rings. The Hall–Kier alpha value is -2.10.